The number of fused-ring (bicyclic) bond motifs is 1. The van der Waals surface area contributed by atoms with E-state index < -0.39 is 12.0 Å². The highest BCUT2D eigenvalue weighted by Gasteiger charge is 2.51. The number of carboxylic acid groups (broad SMARTS) is 1. The van der Waals surface area contributed by atoms with Crippen LogP contribution in [0.5, 0.6) is 0 Å². The molecule has 3 rings (SSSR count). The fraction of sp³-hybridized carbons (Fsp3) is 0.833. The quantitative estimate of drug-likeness (QED) is 0.763. The van der Waals surface area contributed by atoms with Gasteiger partial charge in [-0.1, -0.05) is 6.42 Å². The van der Waals surface area contributed by atoms with E-state index in [1.165, 1.54) is 0 Å². The summed E-state index contributed by atoms with van der Waals surface area (Å²) < 4.78 is 0. The average molecular weight is 223 g/mol. The van der Waals surface area contributed by atoms with Gasteiger partial charge in [-0.15, -0.1) is 0 Å². The van der Waals surface area contributed by atoms with Crippen LogP contribution in [0.25, 0.3) is 0 Å². The summed E-state index contributed by atoms with van der Waals surface area (Å²) in [4.78, 5) is 25.0. The smallest absolute Gasteiger partial charge is 0.326 e. The van der Waals surface area contributed by atoms with Crippen molar-refractivity contribution in [3.05, 3.63) is 0 Å². The fourth-order valence-corrected chi connectivity index (χ4v) is 3.41. The normalized spacial score (nSPS) is 37.5. The highest BCUT2D eigenvalue weighted by molar-refractivity contribution is 5.87. The molecule has 4 nitrogen and oxygen atoms in total. The first-order valence-electron chi connectivity index (χ1n) is 6.22. The Kier molecular flexibility index (Phi) is 2.19. The van der Waals surface area contributed by atoms with Crippen LogP contribution < -0.4 is 0 Å². The van der Waals surface area contributed by atoms with Gasteiger partial charge in [0.15, 0.2) is 0 Å². The van der Waals surface area contributed by atoms with Gasteiger partial charge in [-0.2, -0.15) is 0 Å². The topological polar surface area (TPSA) is 57.6 Å². The van der Waals surface area contributed by atoms with E-state index in [1.54, 1.807) is 4.90 Å². The molecule has 1 amide bonds. The summed E-state index contributed by atoms with van der Waals surface area (Å²) in [7, 11) is 0. The number of hydrogen-bond acceptors (Lipinski definition) is 2. The minimum Gasteiger partial charge on any atom is -0.480 e. The van der Waals surface area contributed by atoms with Gasteiger partial charge in [0.1, 0.15) is 6.04 Å². The van der Waals surface area contributed by atoms with E-state index in [1.807, 2.05) is 0 Å². The Bertz CT molecular complexity index is 337. The number of hydrogen-bond donors (Lipinski definition) is 1. The second kappa shape index (κ2) is 3.47. The molecule has 2 aliphatic carbocycles. The first kappa shape index (κ1) is 10.1. The lowest BCUT2D eigenvalue weighted by Gasteiger charge is -2.24. The van der Waals surface area contributed by atoms with Gasteiger partial charge in [-0.05, 0) is 37.5 Å². The monoisotopic (exact) mass is 223 g/mol. The summed E-state index contributed by atoms with van der Waals surface area (Å²) in [5.74, 6) is 0.106. The molecule has 0 radical (unpaired) electrons. The zero-order valence-corrected chi connectivity index (χ0v) is 9.26. The van der Waals surface area contributed by atoms with Crippen LogP contribution in [0.2, 0.25) is 0 Å². The molecule has 3 aliphatic rings. The molecule has 1 saturated heterocycles. The Hall–Kier alpha value is -1.06. The van der Waals surface area contributed by atoms with E-state index in [0.717, 1.165) is 32.1 Å². The van der Waals surface area contributed by atoms with Gasteiger partial charge in [0.05, 0.1) is 0 Å². The van der Waals surface area contributed by atoms with Crippen LogP contribution >= 0.6 is 0 Å². The number of amides is 1. The predicted molar refractivity (Wildman–Crippen MR) is 56.7 cm³/mol. The predicted octanol–water partition coefficient (Wildman–Crippen LogP) is 1.11. The Morgan fingerprint density at radius 3 is 2.50 bits per heavy atom. The highest BCUT2D eigenvalue weighted by Crippen LogP contribution is 2.44. The van der Waals surface area contributed by atoms with Crippen LogP contribution in [0.15, 0.2) is 0 Å². The molecule has 0 bridgehead atoms. The maximum Gasteiger partial charge on any atom is 0.326 e. The van der Waals surface area contributed by atoms with Crippen molar-refractivity contribution >= 4 is 11.9 Å². The first-order valence-corrected chi connectivity index (χ1v) is 6.22. The number of rotatable bonds is 2. The van der Waals surface area contributed by atoms with Crippen molar-refractivity contribution in [1.82, 2.24) is 4.90 Å². The standard InChI is InChI=1S/C12H17NO3/c14-11(7-4-5-7)13-6-8-2-1-3-9(8)10(13)12(15)16/h7-10H,1-6H2,(H,15,16). The van der Waals surface area contributed by atoms with Crippen molar-refractivity contribution in [1.29, 1.82) is 0 Å². The lowest BCUT2D eigenvalue weighted by molar-refractivity contribution is -0.150. The molecule has 1 heterocycles. The fourth-order valence-electron chi connectivity index (χ4n) is 3.41. The molecule has 0 aromatic heterocycles. The maximum atomic E-state index is 12.0. The van der Waals surface area contributed by atoms with E-state index >= 15 is 0 Å². The molecule has 3 fully saturated rings. The summed E-state index contributed by atoms with van der Waals surface area (Å²) in [5, 5.41) is 9.29. The van der Waals surface area contributed by atoms with Gasteiger partial charge >= 0.3 is 5.97 Å². The van der Waals surface area contributed by atoms with Gasteiger partial charge in [0.25, 0.3) is 0 Å². The minimum atomic E-state index is -0.802. The molecule has 16 heavy (non-hydrogen) atoms. The van der Waals surface area contributed by atoms with Crippen molar-refractivity contribution in [2.75, 3.05) is 6.54 Å². The number of aliphatic carboxylic acids is 1. The van der Waals surface area contributed by atoms with Gasteiger partial charge in [-0.3, -0.25) is 4.79 Å². The third-order valence-electron chi connectivity index (χ3n) is 4.35. The van der Waals surface area contributed by atoms with Crippen LogP contribution in [0.3, 0.4) is 0 Å². The van der Waals surface area contributed by atoms with Crippen molar-refractivity contribution in [3.8, 4) is 0 Å². The SMILES string of the molecule is O=C(O)C1C2CCCC2CN1C(=O)C1CC1. The maximum absolute atomic E-state index is 12.0. The van der Waals surface area contributed by atoms with Crippen molar-refractivity contribution < 1.29 is 14.7 Å². The Morgan fingerprint density at radius 1 is 1.12 bits per heavy atom. The zero-order valence-electron chi connectivity index (χ0n) is 9.26. The molecule has 2 saturated carbocycles. The number of carbonyl (C=O) groups excluding carboxylic acids is 1. The zero-order chi connectivity index (χ0) is 11.3. The van der Waals surface area contributed by atoms with E-state index in [4.69, 9.17) is 0 Å². The van der Waals surface area contributed by atoms with Crippen LogP contribution in [0.4, 0.5) is 0 Å². The highest BCUT2D eigenvalue weighted by atomic mass is 16.4. The van der Waals surface area contributed by atoms with E-state index in [2.05, 4.69) is 0 Å². The van der Waals surface area contributed by atoms with E-state index in [-0.39, 0.29) is 17.7 Å². The number of likely N-dealkylation sites (tertiary alicyclic amines) is 1. The summed E-state index contributed by atoms with van der Waals surface area (Å²) >= 11 is 0. The Morgan fingerprint density at radius 2 is 1.88 bits per heavy atom. The third kappa shape index (κ3) is 1.43. The number of carbonyl (C=O) groups is 2. The minimum absolute atomic E-state index is 0.0989. The number of carboxylic acids is 1. The van der Waals surface area contributed by atoms with Crippen LogP contribution in [0.1, 0.15) is 32.1 Å². The molecule has 0 aromatic carbocycles. The lowest BCUT2D eigenvalue weighted by Crippen LogP contribution is -2.43. The van der Waals surface area contributed by atoms with Gasteiger partial charge in [0.2, 0.25) is 5.91 Å². The van der Waals surface area contributed by atoms with Crippen LogP contribution in [-0.2, 0) is 9.59 Å². The largest absolute Gasteiger partial charge is 0.480 e. The second-order valence-corrected chi connectivity index (χ2v) is 5.40. The molecule has 1 N–H and O–H groups in total. The first-order chi connectivity index (χ1) is 7.68. The molecule has 3 atom stereocenters. The average Bonchev–Trinajstić information content (AvgIpc) is 2.86. The van der Waals surface area contributed by atoms with E-state index in [9.17, 15) is 14.7 Å². The molecule has 3 unspecified atom stereocenters. The molecular formula is C12H17NO3. The number of nitrogens with zero attached hydrogens (tertiary/aromatic N) is 1. The molecule has 0 aromatic rings. The molecular weight excluding hydrogens is 206 g/mol. The molecule has 88 valence electrons. The lowest BCUT2D eigenvalue weighted by atomic mass is 9.94. The summed E-state index contributed by atoms with van der Waals surface area (Å²) in [5.41, 5.74) is 0. The molecule has 4 heteroatoms. The van der Waals surface area contributed by atoms with Crippen molar-refractivity contribution in [2.24, 2.45) is 17.8 Å². The summed E-state index contributed by atoms with van der Waals surface area (Å²) in [6, 6.07) is -0.527. The van der Waals surface area contributed by atoms with Crippen LogP contribution in [0, 0.1) is 17.8 Å². The summed E-state index contributed by atoms with van der Waals surface area (Å²) in [6.45, 7) is 0.691. The summed E-state index contributed by atoms with van der Waals surface area (Å²) in [6.07, 6.45) is 5.12. The van der Waals surface area contributed by atoms with Gasteiger partial charge < -0.3 is 10.0 Å². The second-order valence-electron chi connectivity index (χ2n) is 5.40. The van der Waals surface area contributed by atoms with Gasteiger partial charge in [-0.25, -0.2) is 4.79 Å². The van der Waals surface area contributed by atoms with Crippen molar-refractivity contribution in [3.63, 3.8) is 0 Å². The van der Waals surface area contributed by atoms with E-state index in [0.29, 0.717) is 12.5 Å². The van der Waals surface area contributed by atoms with Gasteiger partial charge in [0, 0.05) is 12.5 Å². The Labute approximate surface area is 94.6 Å². The van der Waals surface area contributed by atoms with Crippen molar-refractivity contribution in [2.45, 2.75) is 38.1 Å². The molecule has 1 aliphatic heterocycles. The Balaban J connectivity index is 1.82. The molecule has 0 spiro atoms. The third-order valence-corrected chi connectivity index (χ3v) is 4.35. The van der Waals surface area contributed by atoms with Crippen LogP contribution in [-0.4, -0.2) is 34.5 Å².